The van der Waals surface area contributed by atoms with Crippen molar-refractivity contribution in [3.63, 3.8) is 0 Å². The summed E-state index contributed by atoms with van der Waals surface area (Å²) in [7, 11) is 3.13. The standard InChI is InChI=1S/C25H21N5O5/c1-30-21-11-17-18(27-14-28-24(17)33-2)12-22(21)34-13-20(25(30)32)29-23(31)19-10-16(8-9-26-19)35-15-6-4-3-5-7-15/h3-12,14,20H,13H2,1-2H3,(H,29,31). The van der Waals surface area contributed by atoms with E-state index in [9.17, 15) is 9.59 Å². The van der Waals surface area contributed by atoms with E-state index in [1.807, 2.05) is 18.2 Å². The molecule has 1 unspecified atom stereocenters. The van der Waals surface area contributed by atoms with Crippen molar-refractivity contribution in [1.82, 2.24) is 20.3 Å². The number of hydrogen-bond donors (Lipinski definition) is 1. The molecule has 10 heteroatoms. The summed E-state index contributed by atoms with van der Waals surface area (Å²) < 4.78 is 17.0. The van der Waals surface area contributed by atoms with E-state index < -0.39 is 11.9 Å². The molecule has 10 nitrogen and oxygen atoms in total. The second kappa shape index (κ2) is 9.26. The maximum atomic E-state index is 13.2. The molecule has 4 aromatic rings. The molecule has 1 atom stereocenters. The van der Waals surface area contributed by atoms with E-state index in [1.54, 1.807) is 37.4 Å². The molecule has 2 amide bonds. The SMILES string of the molecule is COc1ncnc2cc3c(cc12)N(C)C(=O)C(NC(=O)c1cc(Oc2ccccc2)ccn1)CO3. The van der Waals surface area contributed by atoms with Gasteiger partial charge in [0.25, 0.3) is 11.8 Å². The first-order valence-electron chi connectivity index (χ1n) is 10.8. The van der Waals surface area contributed by atoms with Crippen LogP contribution in [0.4, 0.5) is 5.69 Å². The summed E-state index contributed by atoms with van der Waals surface area (Å²) in [6.45, 7) is -0.0597. The number of aromatic nitrogens is 3. The summed E-state index contributed by atoms with van der Waals surface area (Å²) in [5.74, 6) is 1.06. The van der Waals surface area contributed by atoms with E-state index >= 15 is 0 Å². The molecular weight excluding hydrogens is 450 g/mol. The predicted molar refractivity (Wildman–Crippen MR) is 127 cm³/mol. The van der Waals surface area contributed by atoms with Gasteiger partial charge in [-0.15, -0.1) is 0 Å². The Morgan fingerprint density at radius 3 is 2.71 bits per heavy atom. The molecule has 0 aliphatic carbocycles. The third-order valence-electron chi connectivity index (χ3n) is 5.52. The highest BCUT2D eigenvalue weighted by molar-refractivity contribution is 6.04. The van der Waals surface area contributed by atoms with Crippen molar-refractivity contribution in [3.8, 4) is 23.1 Å². The summed E-state index contributed by atoms with van der Waals surface area (Å²) in [6.07, 6.45) is 2.87. The minimum absolute atomic E-state index is 0.0597. The van der Waals surface area contributed by atoms with Gasteiger partial charge in [0.2, 0.25) is 5.88 Å². The number of nitrogens with zero attached hydrogens (tertiary/aromatic N) is 4. The first kappa shape index (κ1) is 22.1. The van der Waals surface area contributed by atoms with Crippen LogP contribution in [0.5, 0.6) is 23.1 Å². The molecule has 0 fully saturated rings. The van der Waals surface area contributed by atoms with Crippen LogP contribution in [0, 0.1) is 0 Å². The van der Waals surface area contributed by atoms with Crippen LogP contribution in [0.25, 0.3) is 10.9 Å². The van der Waals surface area contributed by atoms with Crippen molar-refractivity contribution in [2.45, 2.75) is 6.04 Å². The summed E-state index contributed by atoms with van der Waals surface area (Å²) in [5, 5.41) is 3.36. The maximum Gasteiger partial charge on any atom is 0.270 e. The van der Waals surface area contributed by atoms with E-state index in [4.69, 9.17) is 14.2 Å². The van der Waals surface area contributed by atoms with Crippen LogP contribution in [0.2, 0.25) is 0 Å². The van der Waals surface area contributed by atoms with Crippen molar-refractivity contribution in [2.75, 3.05) is 25.7 Å². The number of rotatable bonds is 5. The van der Waals surface area contributed by atoms with Crippen LogP contribution in [-0.4, -0.2) is 53.6 Å². The minimum Gasteiger partial charge on any atom is -0.489 e. The Labute approximate surface area is 200 Å². The normalized spacial score (nSPS) is 15.1. The Kier molecular flexibility index (Phi) is 5.84. The van der Waals surface area contributed by atoms with Gasteiger partial charge in [-0.3, -0.25) is 14.6 Å². The van der Waals surface area contributed by atoms with E-state index in [0.29, 0.717) is 39.7 Å². The lowest BCUT2D eigenvalue weighted by molar-refractivity contribution is -0.120. The van der Waals surface area contributed by atoms with Crippen molar-refractivity contribution in [3.05, 3.63) is 72.8 Å². The average Bonchev–Trinajstić information content (AvgIpc) is 3.00. The number of pyridine rings is 1. The van der Waals surface area contributed by atoms with Gasteiger partial charge in [-0.1, -0.05) is 18.2 Å². The van der Waals surface area contributed by atoms with Crippen molar-refractivity contribution in [1.29, 1.82) is 0 Å². The van der Waals surface area contributed by atoms with Gasteiger partial charge in [0.1, 0.15) is 41.9 Å². The largest absolute Gasteiger partial charge is 0.489 e. The van der Waals surface area contributed by atoms with Gasteiger partial charge in [-0.2, -0.15) is 0 Å². The fourth-order valence-corrected chi connectivity index (χ4v) is 3.75. The lowest BCUT2D eigenvalue weighted by Crippen LogP contribution is -2.49. The highest BCUT2D eigenvalue weighted by atomic mass is 16.5. The van der Waals surface area contributed by atoms with Crippen LogP contribution >= 0.6 is 0 Å². The number of anilines is 1. The van der Waals surface area contributed by atoms with Crippen LogP contribution in [-0.2, 0) is 4.79 Å². The number of benzene rings is 2. The van der Waals surface area contributed by atoms with Gasteiger partial charge in [0.15, 0.2) is 0 Å². The molecule has 2 aromatic heterocycles. The first-order valence-corrected chi connectivity index (χ1v) is 10.8. The van der Waals surface area contributed by atoms with Gasteiger partial charge >= 0.3 is 0 Å². The molecule has 3 heterocycles. The molecule has 0 radical (unpaired) electrons. The lowest BCUT2D eigenvalue weighted by atomic mass is 10.2. The second-order valence-electron chi connectivity index (χ2n) is 7.75. The lowest BCUT2D eigenvalue weighted by Gasteiger charge is -2.20. The second-order valence-corrected chi connectivity index (χ2v) is 7.75. The molecule has 1 aliphatic heterocycles. The van der Waals surface area contributed by atoms with Crippen LogP contribution < -0.4 is 24.4 Å². The number of amides is 2. The third-order valence-corrected chi connectivity index (χ3v) is 5.52. The van der Waals surface area contributed by atoms with Gasteiger partial charge in [-0.05, 0) is 24.3 Å². The van der Waals surface area contributed by atoms with E-state index in [-0.39, 0.29) is 18.2 Å². The fraction of sp³-hybridized carbons (Fsp3) is 0.160. The number of hydrogen-bond acceptors (Lipinski definition) is 8. The van der Waals surface area contributed by atoms with Crippen molar-refractivity contribution < 1.29 is 23.8 Å². The van der Waals surface area contributed by atoms with Crippen molar-refractivity contribution in [2.24, 2.45) is 0 Å². The molecule has 35 heavy (non-hydrogen) atoms. The molecular formula is C25H21N5O5. The van der Waals surface area contributed by atoms with Gasteiger partial charge in [0.05, 0.1) is 23.7 Å². The number of methoxy groups -OCH3 is 1. The molecule has 1 aliphatic rings. The number of para-hydroxylation sites is 1. The topological polar surface area (TPSA) is 116 Å². The number of likely N-dealkylation sites (N-methyl/N-ethyl adjacent to an activating group) is 1. The van der Waals surface area contributed by atoms with Crippen molar-refractivity contribution >= 4 is 28.4 Å². The predicted octanol–water partition coefficient (Wildman–Crippen LogP) is 2.98. The molecule has 176 valence electrons. The molecule has 0 saturated carbocycles. The number of nitrogens with one attached hydrogen (secondary N) is 1. The molecule has 0 saturated heterocycles. The Bertz CT molecular complexity index is 1410. The highest BCUT2D eigenvalue weighted by Gasteiger charge is 2.32. The molecule has 0 bridgehead atoms. The van der Waals surface area contributed by atoms with Crippen LogP contribution in [0.15, 0.2) is 67.1 Å². The molecule has 0 spiro atoms. The fourth-order valence-electron chi connectivity index (χ4n) is 3.75. The summed E-state index contributed by atoms with van der Waals surface area (Å²) in [5.41, 5.74) is 1.24. The monoisotopic (exact) mass is 471 g/mol. The smallest absolute Gasteiger partial charge is 0.270 e. The third kappa shape index (κ3) is 4.41. The number of carbonyl (C=O) groups is 2. The Morgan fingerprint density at radius 1 is 1.09 bits per heavy atom. The van der Waals surface area contributed by atoms with E-state index in [0.717, 1.165) is 0 Å². The zero-order chi connectivity index (χ0) is 24.4. The Morgan fingerprint density at radius 2 is 1.91 bits per heavy atom. The Hall–Kier alpha value is -4.73. The minimum atomic E-state index is -0.934. The summed E-state index contributed by atoms with van der Waals surface area (Å²) in [4.78, 5) is 40.1. The first-order chi connectivity index (χ1) is 17.0. The molecule has 5 rings (SSSR count). The zero-order valence-corrected chi connectivity index (χ0v) is 19.0. The van der Waals surface area contributed by atoms with Gasteiger partial charge in [-0.25, -0.2) is 9.97 Å². The quantitative estimate of drug-likeness (QED) is 0.472. The summed E-state index contributed by atoms with van der Waals surface area (Å²) >= 11 is 0. The van der Waals surface area contributed by atoms with E-state index in [2.05, 4.69) is 20.3 Å². The zero-order valence-electron chi connectivity index (χ0n) is 19.0. The average molecular weight is 471 g/mol. The van der Waals surface area contributed by atoms with Gasteiger partial charge < -0.3 is 24.4 Å². The maximum absolute atomic E-state index is 13.2. The highest BCUT2D eigenvalue weighted by Crippen LogP contribution is 2.36. The number of fused-ring (bicyclic) bond motifs is 2. The Balaban J connectivity index is 1.36. The molecule has 2 aromatic carbocycles. The van der Waals surface area contributed by atoms with Crippen LogP contribution in [0.3, 0.4) is 0 Å². The number of ether oxygens (including phenoxy) is 3. The van der Waals surface area contributed by atoms with Gasteiger partial charge in [0, 0.05) is 25.4 Å². The van der Waals surface area contributed by atoms with Crippen LogP contribution in [0.1, 0.15) is 10.5 Å². The summed E-state index contributed by atoms with van der Waals surface area (Å²) in [6, 6.07) is 14.9. The van der Waals surface area contributed by atoms with E-state index in [1.165, 1.54) is 30.6 Å². The molecule has 1 N–H and O–H groups in total. The number of carbonyl (C=O) groups excluding carboxylic acids is 2.